The number of carbonyl (C=O) groups is 1. The van der Waals surface area contributed by atoms with Crippen LogP contribution in [0.4, 0.5) is 5.69 Å². The predicted molar refractivity (Wildman–Crippen MR) is 112 cm³/mol. The van der Waals surface area contributed by atoms with Crippen LogP contribution in [0.5, 0.6) is 0 Å². The highest BCUT2D eigenvalue weighted by atomic mass is 16.5. The van der Waals surface area contributed by atoms with Crippen molar-refractivity contribution in [2.75, 3.05) is 13.6 Å². The Bertz CT molecular complexity index is 808. The van der Waals surface area contributed by atoms with Crippen molar-refractivity contribution in [1.82, 2.24) is 4.90 Å². The molecule has 0 aliphatic carbocycles. The topological polar surface area (TPSA) is 41.9 Å². The molecule has 4 nitrogen and oxygen atoms in total. The van der Waals surface area contributed by atoms with E-state index in [1.807, 2.05) is 68.5 Å². The largest absolute Gasteiger partial charge is 0.457 e. The van der Waals surface area contributed by atoms with Crippen molar-refractivity contribution in [3.05, 3.63) is 64.2 Å². The Balaban J connectivity index is 2.23. The Morgan fingerprint density at radius 3 is 2.44 bits per heavy atom. The second-order valence-corrected chi connectivity index (χ2v) is 7.26. The van der Waals surface area contributed by atoms with E-state index in [0.29, 0.717) is 5.56 Å². The minimum absolute atomic E-state index is 0.199. The molecule has 4 heteroatoms. The molecule has 2 aromatic carbocycles. The van der Waals surface area contributed by atoms with Crippen LogP contribution in [0, 0.1) is 13.8 Å². The highest BCUT2D eigenvalue weighted by molar-refractivity contribution is 5.92. The minimum Gasteiger partial charge on any atom is -0.457 e. The molecule has 0 saturated heterocycles. The molecule has 0 fully saturated rings. The summed E-state index contributed by atoms with van der Waals surface area (Å²) < 4.78 is 5.57. The summed E-state index contributed by atoms with van der Waals surface area (Å²) in [5.41, 5.74) is 5.60. The molecule has 0 atom stereocenters. The van der Waals surface area contributed by atoms with Crippen LogP contribution >= 0.6 is 0 Å². The first-order valence-corrected chi connectivity index (χ1v) is 9.43. The fourth-order valence-corrected chi connectivity index (χ4v) is 2.66. The number of nitrogens with zero attached hydrogens (tertiary/aromatic N) is 2. The number of aryl methyl sites for hydroxylation is 2. The van der Waals surface area contributed by atoms with Crippen LogP contribution in [0.2, 0.25) is 0 Å². The standard InChI is InChI=1S/C23H30N2O2/c1-7-25(6)15-24-22-13-20(16(2)3)21(12-18(22)5)23(26)27-14-19-10-8-17(4)9-11-19/h8-13,15-16H,7,14H2,1-6H3/b24-15+. The molecule has 0 bridgehead atoms. The first kappa shape index (κ1) is 20.7. The van der Waals surface area contributed by atoms with Gasteiger partial charge >= 0.3 is 5.97 Å². The van der Waals surface area contributed by atoms with Crippen molar-refractivity contribution >= 4 is 18.0 Å². The van der Waals surface area contributed by atoms with Crippen molar-refractivity contribution in [3.63, 3.8) is 0 Å². The van der Waals surface area contributed by atoms with Gasteiger partial charge in [0, 0.05) is 13.6 Å². The molecule has 0 aliphatic rings. The van der Waals surface area contributed by atoms with Gasteiger partial charge in [0.1, 0.15) is 6.61 Å². The van der Waals surface area contributed by atoms with E-state index < -0.39 is 0 Å². The number of ether oxygens (including phenoxy) is 1. The van der Waals surface area contributed by atoms with Crippen LogP contribution in [-0.2, 0) is 11.3 Å². The molecule has 2 aromatic rings. The maximum atomic E-state index is 12.7. The molecular weight excluding hydrogens is 336 g/mol. The van der Waals surface area contributed by atoms with E-state index in [1.165, 1.54) is 5.56 Å². The van der Waals surface area contributed by atoms with Crippen molar-refractivity contribution in [2.45, 2.75) is 47.1 Å². The molecule has 0 aromatic heterocycles. The Morgan fingerprint density at radius 2 is 1.85 bits per heavy atom. The van der Waals surface area contributed by atoms with Gasteiger partial charge in [-0.05, 0) is 55.5 Å². The van der Waals surface area contributed by atoms with Gasteiger partial charge in [0.05, 0.1) is 17.6 Å². The quantitative estimate of drug-likeness (QED) is 0.374. The lowest BCUT2D eigenvalue weighted by Crippen LogP contribution is -2.14. The average molecular weight is 367 g/mol. The van der Waals surface area contributed by atoms with Crippen LogP contribution in [0.3, 0.4) is 0 Å². The molecule has 27 heavy (non-hydrogen) atoms. The second-order valence-electron chi connectivity index (χ2n) is 7.26. The van der Waals surface area contributed by atoms with E-state index in [1.54, 1.807) is 0 Å². The number of benzene rings is 2. The number of hydrogen-bond acceptors (Lipinski definition) is 3. The van der Waals surface area contributed by atoms with E-state index in [0.717, 1.165) is 28.9 Å². The summed E-state index contributed by atoms with van der Waals surface area (Å²) in [4.78, 5) is 19.3. The molecule has 2 rings (SSSR count). The summed E-state index contributed by atoms with van der Waals surface area (Å²) in [6.07, 6.45) is 1.82. The maximum Gasteiger partial charge on any atom is 0.338 e. The Hall–Kier alpha value is -2.62. The van der Waals surface area contributed by atoms with Crippen LogP contribution in [0.15, 0.2) is 41.4 Å². The van der Waals surface area contributed by atoms with Gasteiger partial charge < -0.3 is 9.64 Å². The third-order valence-electron chi connectivity index (χ3n) is 4.59. The molecule has 0 saturated carbocycles. The maximum absolute atomic E-state index is 12.7. The van der Waals surface area contributed by atoms with Crippen molar-refractivity contribution in [1.29, 1.82) is 0 Å². The van der Waals surface area contributed by atoms with Crippen molar-refractivity contribution in [3.8, 4) is 0 Å². The number of esters is 1. The van der Waals surface area contributed by atoms with Gasteiger partial charge in [-0.2, -0.15) is 0 Å². The fourth-order valence-electron chi connectivity index (χ4n) is 2.66. The lowest BCUT2D eigenvalue weighted by Gasteiger charge is -2.16. The van der Waals surface area contributed by atoms with Crippen LogP contribution < -0.4 is 0 Å². The van der Waals surface area contributed by atoms with Gasteiger partial charge in [-0.1, -0.05) is 43.7 Å². The predicted octanol–water partition coefficient (Wildman–Crippen LogP) is 5.40. The Labute approximate surface area is 162 Å². The van der Waals surface area contributed by atoms with Gasteiger partial charge in [0.25, 0.3) is 0 Å². The summed E-state index contributed by atoms with van der Waals surface area (Å²) in [6, 6.07) is 11.9. The van der Waals surface area contributed by atoms with Crippen LogP contribution in [0.1, 0.15) is 59.3 Å². The number of hydrogen-bond donors (Lipinski definition) is 0. The highest BCUT2D eigenvalue weighted by Gasteiger charge is 2.18. The van der Waals surface area contributed by atoms with E-state index >= 15 is 0 Å². The van der Waals surface area contributed by atoms with Gasteiger partial charge in [-0.3, -0.25) is 0 Å². The molecule has 0 unspecified atom stereocenters. The molecule has 0 spiro atoms. The average Bonchev–Trinajstić information content (AvgIpc) is 2.65. The molecule has 144 valence electrons. The summed E-state index contributed by atoms with van der Waals surface area (Å²) >= 11 is 0. The summed E-state index contributed by atoms with van der Waals surface area (Å²) in [5, 5.41) is 0. The normalized spacial score (nSPS) is 11.2. The van der Waals surface area contributed by atoms with E-state index in [9.17, 15) is 4.79 Å². The highest BCUT2D eigenvalue weighted by Crippen LogP contribution is 2.29. The molecule has 0 heterocycles. The van der Waals surface area contributed by atoms with Gasteiger partial charge in [-0.15, -0.1) is 0 Å². The second kappa shape index (κ2) is 9.36. The zero-order valence-electron chi connectivity index (χ0n) is 17.2. The molecule has 0 N–H and O–H groups in total. The van der Waals surface area contributed by atoms with Crippen molar-refractivity contribution < 1.29 is 9.53 Å². The smallest absolute Gasteiger partial charge is 0.338 e. The van der Waals surface area contributed by atoms with Gasteiger partial charge in [-0.25, -0.2) is 9.79 Å². The summed E-state index contributed by atoms with van der Waals surface area (Å²) in [6.45, 7) is 11.4. The fraction of sp³-hybridized carbons (Fsp3) is 0.391. The lowest BCUT2D eigenvalue weighted by molar-refractivity contribution is 0.0471. The van der Waals surface area contributed by atoms with E-state index in [4.69, 9.17) is 4.74 Å². The first-order valence-electron chi connectivity index (χ1n) is 9.43. The zero-order chi connectivity index (χ0) is 20.0. The Morgan fingerprint density at radius 1 is 1.19 bits per heavy atom. The van der Waals surface area contributed by atoms with Gasteiger partial charge in [0.15, 0.2) is 0 Å². The molecule has 0 radical (unpaired) electrons. The molecule has 0 amide bonds. The number of carbonyl (C=O) groups excluding carboxylic acids is 1. The van der Waals surface area contributed by atoms with Gasteiger partial charge in [0.2, 0.25) is 0 Å². The van der Waals surface area contributed by atoms with Crippen molar-refractivity contribution in [2.24, 2.45) is 4.99 Å². The lowest BCUT2D eigenvalue weighted by atomic mass is 9.94. The van der Waals surface area contributed by atoms with Crippen LogP contribution in [0.25, 0.3) is 0 Å². The third kappa shape index (κ3) is 5.68. The number of aliphatic imine (C=N–C) groups is 1. The summed E-state index contributed by atoms with van der Waals surface area (Å²) in [5.74, 6) is -0.0889. The summed E-state index contributed by atoms with van der Waals surface area (Å²) in [7, 11) is 1.99. The molecular formula is C23H30N2O2. The third-order valence-corrected chi connectivity index (χ3v) is 4.59. The minimum atomic E-state index is -0.288. The SMILES string of the molecule is CCN(C)/C=N/c1cc(C(C)C)c(C(=O)OCc2ccc(C)cc2)cc1C. The zero-order valence-corrected chi connectivity index (χ0v) is 17.2. The van der Waals surface area contributed by atoms with Crippen LogP contribution in [-0.4, -0.2) is 30.8 Å². The monoisotopic (exact) mass is 366 g/mol. The molecule has 0 aliphatic heterocycles. The van der Waals surface area contributed by atoms with E-state index in [-0.39, 0.29) is 18.5 Å². The Kier molecular flexibility index (Phi) is 7.17. The first-order chi connectivity index (χ1) is 12.8. The van der Waals surface area contributed by atoms with E-state index in [2.05, 4.69) is 25.8 Å². The number of rotatable bonds is 7.